The Kier molecular flexibility index (Phi) is 11.0. The fraction of sp³-hybridized carbons (Fsp3) is 0.333. The Balaban J connectivity index is 2.01. The molecule has 0 aliphatic rings. The number of nitrogens with zero attached hydrogens (tertiary/aromatic N) is 3. The molecule has 11 heteroatoms. The van der Waals surface area contributed by atoms with Crippen LogP contribution in [0.4, 0.5) is 11.4 Å². The number of nitro benzene ring substituents is 1. The van der Waals surface area contributed by atoms with Crippen molar-refractivity contribution in [3.05, 3.63) is 101 Å². The standard InChI is InChI=1S/C30H36N4O6S/c1-4-23(3)31-30(36)28(5-2)32(21-20-24-12-8-6-9-13-24)29(35)22-33(25-16-18-26(19-17-25)34(37)38)41(39,40)27-14-10-7-11-15-27/h6-19,23,28H,4-5,20-22H2,1-3H3,(H,31,36)/t23-,28+/m0/s1. The topological polar surface area (TPSA) is 130 Å². The molecule has 0 heterocycles. The van der Waals surface area contributed by atoms with Gasteiger partial charge >= 0.3 is 0 Å². The average molecular weight is 581 g/mol. The van der Waals surface area contributed by atoms with E-state index in [4.69, 9.17) is 0 Å². The summed E-state index contributed by atoms with van der Waals surface area (Å²) in [6.07, 6.45) is 1.50. The van der Waals surface area contributed by atoms with Crippen LogP contribution in [0.15, 0.2) is 89.8 Å². The number of hydrogen-bond donors (Lipinski definition) is 1. The number of amides is 2. The lowest BCUT2D eigenvalue weighted by Gasteiger charge is -2.33. The Hall–Kier alpha value is -4.25. The molecule has 1 N–H and O–H groups in total. The summed E-state index contributed by atoms with van der Waals surface area (Å²) >= 11 is 0. The van der Waals surface area contributed by atoms with Gasteiger partial charge in [0, 0.05) is 24.7 Å². The van der Waals surface area contributed by atoms with Gasteiger partial charge in [0.25, 0.3) is 15.7 Å². The molecule has 0 saturated heterocycles. The summed E-state index contributed by atoms with van der Waals surface area (Å²) in [5, 5.41) is 14.1. The molecule has 3 aromatic rings. The largest absolute Gasteiger partial charge is 0.352 e. The summed E-state index contributed by atoms with van der Waals surface area (Å²) in [4.78, 5) is 39.3. The van der Waals surface area contributed by atoms with Crippen LogP contribution < -0.4 is 9.62 Å². The number of nitrogens with one attached hydrogen (secondary N) is 1. The second kappa shape index (κ2) is 14.4. The SMILES string of the molecule is CC[C@H](C(=O)N[C@@H](C)CC)N(CCc1ccccc1)C(=O)CN(c1ccc([N+](=O)[O-])cc1)S(=O)(=O)c1ccccc1. The third-order valence-electron chi connectivity index (χ3n) is 6.83. The van der Waals surface area contributed by atoms with Gasteiger partial charge in [0.15, 0.2) is 0 Å². The molecule has 2 atom stereocenters. The van der Waals surface area contributed by atoms with Crippen molar-refractivity contribution >= 4 is 33.2 Å². The van der Waals surface area contributed by atoms with E-state index in [1.807, 2.05) is 44.2 Å². The van der Waals surface area contributed by atoms with E-state index < -0.39 is 33.4 Å². The Morgan fingerprint density at radius 3 is 2.02 bits per heavy atom. The highest BCUT2D eigenvalue weighted by Crippen LogP contribution is 2.26. The fourth-order valence-corrected chi connectivity index (χ4v) is 5.76. The molecule has 0 aliphatic carbocycles. The molecule has 0 unspecified atom stereocenters. The molecular weight excluding hydrogens is 544 g/mol. The van der Waals surface area contributed by atoms with Gasteiger partial charge in [-0.15, -0.1) is 0 Å². The van der Waals surface area contributed by atoms with Gasteiger partial charge in [-0.05, 0) is 56.0 Å². The first-order chi connectivity index (χ1) is 19.6. The maximum Gasteiger partial charge on any atom is 0.269 e. The van der Waals surface area contributed by atoms with E-state index in [1.165, 1.54) is 41.3 Å². The molecule has 0 spiro atoms. The number of carbonyl (C=O) groups excluding carboxylic acids is 2. The predicted octanol–water partition coefficient (Wildman–Crippen LogP) is 4.55. The monoisotopic (exact) mass is 580 g/mol. The van der Waals surface area contributed by atoms with E-state index in [9.17, 15) is 28.1 Å². The van der Waals surface area contributed by atoms with E-state index in [0.717, 1.165) is 9.87 Å². The van der Waals surface area contributed by atoms with Crippen molar-refractivity contribution in [3.63, 3.8) is 0 Å². The second-order valence-electron chi connectivity index (χ2n) is 9.66. The van der Waals surface area contributed by atoms with E-state index in [1.54, 1.807) is 25.1 Å². The maximum atomic E-state index is 14.0. The summed E-state index contributed by atoms with van der Waals surface area (Å²) in [6, 6.07) is 21.2. The zero-order valence-corrected chi connectivity index (χ0v) is 24.3. The summed E-state index contributed by atoms with van der Waals surface area (Å²) in [6.45, 7) is 5.22. The van der Waals surface area contributed by atoms with Crippen molar-refractivity contribution in [2.24, 2.45) is 0 Å². The number of nitro groups is 1. The molecule has 0 aliphatic heterocycles. The second-order valence-corrected chi connectivity index (χ2v) is 11.5. The van der Waals surface area contributed by atoms with E-state index >= 15 is 0 Å². The van der Waals surface area contributed by atoms with Gasteiger partial charge in [0.1, 0.15) is 12.6 Å². The summed E-state index contributed by atoms with van der Waals surface area (Å²) in [5.74, 6) is -0.874. The van der Waals surface area contributed by atoms with Crippen LogP contribution >= 0.6 is 0 Å². The van der Waals surface area contributed by atoms with E-state index in [0.29, 0.717) is 19.3 Å². The van der Waals surface area contributed by atoms with Gasteiger partial charge in [-0.1, -0.05) is 62.4 Å². The lowest BCUT2D eigenvalue weighted by atomic mass is 10.1. The minimum Gasteiger partial charge on any atom is -0.352 e. The summed E-state index contributed by atoms with van der Waals surface area (Å²) < 4.78 is 28.5. The summed E-state index contributed by atoms with van der Waals surface area (Å²) in [7, 11) is -4.24. The Morgan fingerprint density at radius 2 is 1.49 bits per heavy atom. The first-order valence-corrected chi connectivity index (χ1v) is 15.0. The molecule has 0 saturated carbocycles. The number of sulfonamides is 1. The number of hydrogen-bond acceptors (Lipinski definition) is 6. The highest BCUT2D eigenvalue weighted by atomic mass is 32.2. The molecular formula is C30H36N4O6S. The van der Waals surface area contributed by atoms with Gasteiger partial charge < -0.3 is 10.2 Å². The van der Waals surface area contributed by atoms with Crippen molar-refractivity contribution in [1.82, 2.24) is 10.2 Å². The zero-order chi connectivity index (χ0) is 30.0. The summed E-state index contributed by atoms with van der Waals surface area (Å²) in [5.41, 5.74) is 0.842. The van der Waals surface area contributed by atoms with Gasteiger partial charge in [0.05, 0.1) is 15.5 Å². The minimum atomic E-state index is -4.24. The lowest BCUT2D eigenvalue weighted by Crippen LogP contribution is -2.54. The molecule has 3 rings (SSSR count). The van der Waals surface area contributed by atoms with Crippen molar-refractivity contribution in [1.29, 1.82) is 0 Å². The molecule has 0 radical (unpaired) electrons. The van der Waals surface area contributed by atoms with Crippen molar-refractivity contribution < 1.29 is 22.9 Å². The highest BCUT2D eigenvalue weighted by Gasteiger charge is 2.33. The van der Waals surface area contributed by atoms with Crippen molar-refractivity contribution in [2.45, 2.75) is 57.0 Å². The number of rotatable bonds is 14. The van der Waals surface area contributed by atoms with E-state index in [2.05, 4.69) is 5.32 Å². The van der Waals surface area contributed by atoms with Gasteiger partial charge in [-0.25, -0.2) is 8.42 Å². The normalized spacial score (nSPS) is 12.7. The minimum absolute atomic E-state index is 0.0384. The van der Waals surface area contributed by atoms with Crippen LogP contribution in [0, 0.1) is 10.1 Å². The average Bonchev–Trinajstić information content (AvgIpc) is 2.98. The number of carbonyl (C=O) groups is 2. The van der Waals surface area contributed by atoms with Crippen LogP contribution in [-0.4, -0.2) is 55.2 Å². The zero-order valence-electron chi connectivity index (χ0n) is 23.5. The van der Waals surface area contributed by atoms with Crippen LogP contribution in [0.25, 0.3) is 0 Å². The van der Waals surface area contributed by atoms with Crippen molar-refractivity contribution in [3.8, 4) is 0 Å². The van der Waals surface area contributed by atoms with Crippen LogP contribution in [-0.2, 0) is 26.0 Å². The third kappa shape index (κ3) is 8.14. The molecule has 10 nitrogen and oxygen atoms in total. The molecule has 0 bridgehead atoms. The van der Waals surface area contributed by atoms with E-state index in [-0.39, 0.29) is 34.8 Å². The van der Waals surface area contributed by atoms with Crippen molar-refractivity contribution in [2.75, 3.05) is 17.4 Å². The Labute approximate surface area is 241 Å². The Morgan fingerprint density at radius 1 is 0.902 bits per heavy atom. The molecule has 2 amide bonds. The van der Waals surface area contributed by atoms with Gasteiger partial charge in [-0.2, -0.15) is 0 Å². The molecule has 3 aromatic carbocycles. The number of anilines is 1. The van der Waals surface area contributed by atoms with Crippen LogP contribution in [0.1, 0.15) is 39.2 Å². The van der Waals surface area contributed by atoms with Crippen LogP contribution in [0.2, 0.25) is 0 Å². The van der Waals surface area contributed by atoms with Gasteiger partial charge in [0.2, 0.25) is 11.8 Å². The van der Waals surface area contributed by atoms with Crippen LogP contribution in [0.3, 0.4) is 0 Å². The number of benzene rings is 3. The third-order valence-corrected chi connectivity index (χ3v) is 8.62. The number of non-ortho nitro benzene ring substituents is 1. The molecule has 41 heavy (non-hydrogen) atoms. The Bertz CT molecular complexity index is 1420. The van der Waals surface area contributed by atoms with Gasteiger partial charge in [-0.3, -0.25) is 24.0 Å². The van der Waals surface area contributed by atoms with Crippen LogP contribution in [0.5, 0.6) is 0 Å². The first kappa shape index (κ1) is 31.3. The quantitative estimate of drug-likeness (QED) is 0.220. The molecule has 0 aromatic heterocycles. The molecule has 218 valence electrons. The first-order valence-electron chi connectivity index (χ1n) is 13.5. The lowest BCUT2D eigenvalue weighted by molar-refractivity contribution is -0.384. The fourth-order valence-electron chi connectivity index (χ4n) is 4.33. The maximum absolute atomic E-state index is 14.0. The smallest absolute Gasteiger partial charge is 0.269 e. The highest BCUT2D eigenvalue weighted by molar-refractivity contribution is 7.92. The molecule has 0 fully saturated rings. The predicted molar refractivity (Wildman–Crippen MR) is 158 cm³/mol.